The van der Waals surface area contributed by atoms with Crippen molar-refractivity contribution < 1.29 is 13.2 Å². The molecule has 0 spiro atoms. The Kier molecular flexibility index (Phi) is 4.33. The van der Waals surface area contributed by atoms with E-state index in [-0.39, 0.29) is 22.9 Å². The number of carbonyl (C=O) groups excluding carboxylic acids is 1. The van der Waals surface area contributed by atoms with Gasteiger partial charge in [-0.2, -0.15) is 4.72 Å². The maximum absolute atomic E-state index is 12.5. The largest absolute Gasteiger partial charge is 0.368 e. The molecule has 2 aliphatic rings. The molecule has 1 aromatic heterocycles. The van der Waals surface area contributed by atoms with Gasteiger partial charge >= 0.3 is 0 Å². The van der Waals surface area contributed by atoms with Crippen molar-refractivity contribution in [1.82, 2.24) is 19.6 Å². The van der Waals surface area contributed by atoms with E-state index in [1.807, 2.05) is 6.07 Å². The van der Waals surface area contributed by atoms with Gasteiger partial charge in [-0.1, -0.05) is 12.1 Å². The highest BCUT2D eigenvalue weighted by atomic mass is 32.2. The SMILES string of the molecule is O=C(c1cnccn1)N1CCC(C2Nc3ccccc3S(=O)(=O)N2)CC1. The van der Waals surface area contributed by atoms with Crippen LogP contribution in [-0.4, -0.2) is 48.4 Å². The number of sulfonamides is 1. The van der Waals surface area contributed by atoms with Crippen LogP contribution in [0.3, 0.4) is 0 Å². The number of fused-ring (bicyclic) bond motifs is 1. The first kappa shape index (κ1) is 16.9. The third-order valence-corrected chi connectivity index (χ3v) is 6.35. The van der Waals surface area contributed by atoms with Gasteiger partial charge in [0.1, 0.15) is 10.6 Å². The molecule has 1 saturated heterocycles. The van der Waals surface area contributed by atoms with E-state index in [0.29, 0.717) is 37.3 Å². The number of hydrogen-bond acceptors (Lipinski definition) is 6. The zero-order valence-electron chi connectivity index (χ0n) is 14.0. The van der Waals surface area contributed by atoms with Crippen LogP contribution in [0.15, 0.2) is 47.8 Å². The second-order valence-corrected chi connectivity index (χ2v) is 8.14. The molecule has 3 heterocycles. The first-order valence-corrected chi connectivity index (χ1v) is 9.96. The molecular formula is C17H19N5O3S. The van der Waals surface area contributed by atoms with E-state index in [1.54, 1.807) is 23.1 Å². The summed E-state index contributed by atoms with van der Waals surface area (Å²) in [6.07, 6.45) is 5.52. The van der Waals surface area contributed by atoms with Gasteiger partial charge in [-0.3, -0.25) is 9.78 Å². The molecule has 2 aliphatic heterocycles. The summed E-state index contributed by atoms with van der Waals surface area (Å²) in [4.78, 5) is 22.4. The van der Waals surface area contributed by atoms with E-state index >= 15 is 0 Å². The average Bonchev–Trinajstić information content (AvgIpc) is 2.68. The predicted molar refractivity (Wildman–Crippen MR) is 94.8 cm³/mol. The monoisotopic (exact) mass is 373 g/mol. The van der Waals surface area contributed by atoms with Crippen LogP contribution in [-0.2, 0) is 10.0 Å². The van der Waals surface area contributed by atoms with Crippen LogP contribution in [0.4, 0.5) is 5.69 Å². The van der Waals surface area contributed by atoms with Gasteiger partial charge < -0.3 is 10.2 Å². The molecule has 0 saturated carbocycles. The van der Waals surface area contributed by atoms with Crippen LogP contribution < -0.4 is 10.0 Å². The van der Waals surface area contributed by atoms with Crippen LogP contribution in [0.2, 0.25) is 0 Å². The van der Waals surface area contributed by atoms with Crippen LogP contribution in [0.5, 0.6) is 0 Å². The summed E-state index contributed by atoms with van der Waals surface area (Å²) in [5, 5.41) is 3.28. The molecule has 136 valence electrons. The normalized spacial score (nSPS) is 22.3. The van der Waals surface area contributed by atoms with E-state index in [1.165, 1.54) is 18.6 Å². The summed E-state index contributed by atoms with van der Waals surface area (Å²) in [6.45, 7) is 1.11. The molecule has 1 fully saturated rings. The lowest BCUT2D eigenvalue weighted by Gasteiger charge is -2.38. The molecule has 0 bridgehead atoms. The lowest BCUT2D eigenvalue weighted by Crippen LogP contribution is -2.52. The first-order valence-electron chi connectivity index (χ1n) is 8.48. The van der Waals surface area contributed by atoms with Gasteiger partial charge in [0.2, 0.25) is 10.0 Å². The highest BCUT2D eigenvalue weighted by Gasteiger charge is 2.36. The summed E-state index contributed by atoms with van der Waals surface area (Å²) < 4.78 is 27.6. The minimum atomic E-state index is -3.52. The number of anilines is 1. The van der Waals surface area contributed by atoms with Crippen molar-refractivity contribution in [3.8, 4) is 0 Å². The topological polar surface area (TPSA) is 104 Å². The fourth-order valence-electron chi connectivity index (χ4n) is 3.47. The molecule has 26 heavy (non-hydrogen) atoms. The Hall–Kier alpha value is -2.52. The fourth-order valence-corrected chi connectivity index (χ4v) is 4.86. The quantitative estimate of drug-likeness (QED) is 0.816. The number of hydrogen-bond donors (Lipinski definition) is 2. The van der Waals surface area contributed by atoms with Gasteiger partial charge in [0.05, 0.1) is 18.1 Å². The molecule has 1 amide bonds. The van der Waals surface area contributed by atoms with E-state index in [9.17, 15) is 13.2 Å². The van der Waals surface area contributed by atoms with Crippen molar-refractivity contribution >= 4 is 21.6 Å². The molecule has 8 nitrogen and oxygen atoms in total. The summed E-state index contributed by atoms with van der Waals surface area (Å²) in [7, 11) is -3.52. The van der Waals surface area contributed by atoms with Crippen LogP contribution in [0.1, 0.15) is 23.3 Å². The van der Waals surface area contributed by atoms with Gasteiger partial charge in [-0.15, -0.1) is 0 Å². The smallest absolute Gasteiger partial charge is 0.274 e. The Labute approximate surface area is 151 Å². The lowest BCUT2D eigenvalue weighted by molar-refractivity contribution is 0.0673. The van der Waals surface area contributed by atoms with Crippen molar-refractivity contribution in [1.29, 1.82) is 0 Å². The Balaban J connectivity index is 1.44. The van der Waals surface area contributed by atoms with Gasteiger partial charge in [-0.25, -0.2) is 13.4 Å². The van der Waals surface area contributed by atoms with Crippen LogP contribution in [0.25, 0.3) is 0 Å². The molecular weight excluding hydrogens is 354 g/mol. The molecule has 1 atom stereocenters. The second kappa shape index (κ2) is 6.65. The Morgan fingerprint density at radius 3 is 2.65 bits per heavy atom. The predicted octanol–water partition coefficient (Wildman–Crippen LogP) is 1.06. The lowest BCUT2D eigenvalue weighted by atomic mass is 9.93. The number of aromatic nitrogens is 2. The minimum absolute atomic E-state index is 0.101. The van der Waals surface area contributed by atoms with Gasteiger partial charge in [0.25, 0.3) is 5.91 Å². The zero-order valence-corrected chi connectivity index (χ0v) is 14.8. The van der Waals surface area contributed by atoms with Crippen molar-refractivity contribution in [3.63, 3.8) is 0 Å². The van der Waals surface area contributed by atoms with E-state index < -0.39 is 10.0 Å². The van der Waals surface area contributed by atoms with Gasteiger partial charge in [-0.05, 0) is 30.9 Å². The molecule has 1 aromatic carbocycles. The van der Waals surface area contributed by atoms with Crippen LogP contribution in [0, 0.1) is 5.92 Å². The van der Waals surface area contributed by atoms with Gasteiger partial charge in [0, 0.05) is 25.5 Å². The molecule has 9 heteroatoms. The van der Waals surface area contributed by atoms with Crippen molar-refractivity contribution in [2.24, 2.45) is 5.92 Å². The standard InChI is InChI=1S/C17H19N5O3S/c23-17(14-11-18-7-8-19-14)22-9-5-12(6-10-22)16-20-13-3-1-2-4-15(13)26(24,25)21-16/h1-4,7-8,11-12,16,20-21H,5-6,9-10H2. The molecule has 1 unspecified atom stereocenters. The summed E-state index contributed by atoms with van der Waals surface area (Å²) in [5.41, 5.74) is 0.950. The summed E-state index contributed by atoms with van der Waals surface area (Å²) in [5.74, 6) is -0.0388. The highest BCUT2D eigenvalue weighted by molar-refractivity contribution is 7.89. The Morgan fingerprint density at radius 2 is 1.92 bits per heavy atom. The molecule has 4 rings (SSSR count). The summed E-state index contributed by atoms with van der Waals surface area (Å²) >= 11 is 0. The van der Waals surface area contributed by atoms with Gasteiger partial charge in [0.15, 0.2) is 0 Å². The average molecular weight is 373 g/mol. The number of nitrogens with zero attached hydrogens (tertiary/aromatic N) is 3. The van der Waals surface area contributed by atoms with Crippen LogP contribution >= 0.6 is 0 Å². The number of nitrogens with one attached hydrogen (secondary N) is 2. The van der Waals surface area contributed by atoms with Crippen molar-refractivity contribution in [3.05, 3.63) is 48.5 Å². The third-order valence-electron chi connectivity index (χ3n) is 4.85. The number of rotatable bonds is 2. The number of benzene rings is 1. The number of piperidine rings is 1. The highest BCUT2D eigenvalue weighted by Crippen LogP contribution is 2.30. The third kappa shape index (κ3) is 3.15. The fraction of sp³-hybridized carbons (Fsp3) is 0.353. The van der Waals surface area contributed by atoms with E-state index in [2.05, 4.69) is 20.0 Å². The van der Waals surface area contributed by atoms with E-state index in [4.69, 9.17) is 0 Å². The molecule has 0 radical (unpaired) electrons. The zero-order chi connectivity index (χ0) is 18.1. The Bertz CT molecular complexity index is 911. The maximum atomic E-state index is 12.5. The maximum Gasteiger partial charge on any atom is 0.274 e. The minimum Gasteiger partial charge on any atom is -0.368 e. The molecule has 0 aliphatic carbocycles. The van der Waals surface area contributed by atoms with Crippen molar-refractivity contribution in [2.75, 3.05) is 18.4 Å². The van der Waals surface area contributed by atoms with E-state index in [0.717, 1.165) is 0 Å². The van der Waals surface area contributed by atoms with Crippen molar-refractivity contribution in [2.45, 2.75) is 23.9 Å². The Morgan fingerprint density at radius 1 is 1.15 bits per heavy atom. The number of para-hydroxylation sites is 1. The molecule has 2 aromatic rings. The number of amides is 1. The first-order chi connectivity index (χ1) is 12.5. The molecule has 2 N–H and O–H groups in total. The number of carbonyl (C=O) groups is 1. The number of likely N-dealkylation sites (tertiary alicyclic amines) is 1. The summed E-state index contributed by atoms with van der Waals surface area (Å²) in [6, 6.07) is 6.87. The second-order valence-electron chi connectivity index (χ2n) is 6.46.